The minimum atomic E-state index is -2.31. The minimum Gasteiger partial charge on any atom is -0.332 e. The van der Waals surface area contributed by atoms with Gasteiger partial charge in [0.05, 0.1) is 0 Å². The molecule has 0 unspecified atom stereocenters. The van der Waals surface area contributed by atoms with Gasteiger partial charge in [0.15, 0.2) is 0 Å². The number of rotatable bonds is 15. The molecule has 0 saturated heterocycles. The second-order valence-electron chi connectivity index (χ2n) is 5.98. The van der Waals surface area contributed by atoms with Crippen molar-refractivity contribution < 1.29 is 9.09 Å². The second kappa shape index (κ2) is 14.1. The van der Waals surface area contributed by atoms with Crippen LogP contribution in [0.5, 0.6) is 0 Å². The first-order valence-electron chi connectivity index (χ1n) is 8.82. The average Bonchev–Trinajstić information content (AvgIpc) is 2.46. The van der Waals surface area contributed by atoms with Gasteiger partial charge in [-0.25, -0.2) is 0 Å². The van der Waals surface area contributed by atoms with Crippen LogP contribution in [0.3, 0.4) is 0 Å². The van der Waals surface area contributed by atoms with Crippen LogP contribution < -0.4 is 0 Å². The monoisotopic (exact) mass is 305 g/mol. The second-order valence-corrected chi connectivity index (χ2v) is 8.87. The lowest BCUT2D eigenvalue weighted by Gasteiger charge is -2.16. The van der Waals surface area contributed by atoms with E-state index in [4.69, 9.17) is 4.52 Å². The highest BCUT2D eigenvalue weighted by molar-refractivity contribution is 7.58. The highest BCUT2D eigenvalue weighted by Crippen LogP contribution is 2.47. The van der Waals surface area contributed by atoms with Gasteiger partial charge in [0.25, 0.3) is 0 Å². The lowest BCUT2D eigenvalue weighted by Crippen LogP contribution is -1.98. The topological polar surface area (TPSA) is 26.3 Å². The number of hydrogen-bond donors (Lipinski definition) is 0. The van der Waals surface area contributed by atoms with Gasteiger partial charge in [-0.2, -0.15) is 0 Å². The zero-order valence-electron chi connectivity index (χ0n) is 14.2. The summed E-state index contributed by atoms with van der Waals surface area (Å²) in [4.78, 5) is 0. The predicted molar refractivity (Wildman–Crippen MR) is 91.1 cm³/mol. The molecule has 2 nitrogen and oxygen atoms in total. The van der Waals surface area contributed by atoms with Crippen molar-refractivity contribution in [3.05, 3.63) is 0 Å². The van der Waals surface area contributed by atoms with Gasteiger partial charge in [-0.15, -0.1) is 0 Å². The van der Waals surface area contributed by atoms with Crippen molar-refractivity contribution in [2.75, 3.05) is 19.4 Å². The first-order chi connectivity index (χ1) is 9.68. The highest BCUT2D eigenvalue weighted by Gasteiger charge is 2.19. The Morgan fingerprint density at radius 2 is 1.00 bits per heavy atom. The fourth-order valence-electron chi connectivity index (χ4n) is 2.56. The zero-order valence-corrected chi connectivity index (χ0v) is 15.1. The molecule has 0 rings (SSSR count). The SMILES string of the molecule is CCCCCCCC[32P](=O)(CCCCCCCC)OC. The van der Waals surface area contributed by atoms with Crippen LogP contribution in [0, 0.1) is 0 Å². The van der Waals surface area contributed by atoms with Crippen LogP contribution in [0.15, 0.2) is 0 Å². The maximum Gasteiger partial charge on any atom is 0.202 e. The van der Waals surface area contributed by atoms with Crippen LogP contribution in [0.25, 0.3) is 0 Å². The van der Waals surface area contributed by atoms with E-state index in [0.717, 1.165) is 25.2 Å². The first kappa shape index (κ1) is 20.2. The summed E-state index contributed by atoms with van der Waals surface area (Å²) in [6, 6.07) is 0. The molecule has 0 N–H and O–H groups in total. The maximum absolute atomic E-state index is 12.5. The Bertz CT molecular complexity index is 221. The van der Waals surface area contributed by atoms with E-state index in [2.05, 4.69) is 13.8 Å². The molecule has 0 aromatic rings. The van der Waals surface area contributed by atoms with Crippen molar-refractivity contribution in [3.63, 3.8) is 0 Å². The van der Waals surface area contributed by atoms with Crippen LogP contribution >= 0.6 is 7.37 Å². The van der Waals surface area contributed by atoms with Gasteiger partial charge in [0.1, 0.15) is 0 Å². The van der Waals surface area contributed by atoms with Gasteiger partial charge < -0.3 is 4.52 Å². The molecule has 0 fully saturated rings. The van der Waals surface area contributed by atoms with Crippen molar-refractivity contribution in [1.29, 1.82) is 0 Å². The summed E-state index contributed by atoms with van der Waals surface area (Å²) in [5.41, 5.74) is 0. The van der Waals surface area contributed by atoms with Crippen LogP contribution in [-0.2, 0) is 9.09 Å². The van der Waals surface area contributed by atoms with Crippen LogP contribution in [-0.4, -0.2) is 19.4 Å². The zero-order chi connectivity index (χ0) is 15.1. The molecular weight excluding hydrogens is 268 g/mol. The summed E-state index contributed by atoms with van der Waals surface area (Å²) in [6.07, 6.45) is 16.6. The van der Waals surface area contributed by atoms with Crippen molar-refractivity contribution in [2.45, 2.75) is 90.9 Å². The molecule has 0 aromatic heterocycles. The summed E-state index contributed by atoms with van der Waals surface area (Å²) in [5.74, 6) is 0. The Morgan fingerprint density at radius 3 is 1.35 bits per heavy atom. The lowest BCUT2D eigenvalue weighted by atomic mass is 10.1. The van der Waals surface area contributed by atoms with E-state index in [1.807, 2.05) is 0 Å². The summed E-state index contributed by atoms with van der Waals surface area (Å²) in [7, 11) is -0.678. The molecule has 0 atom stereocenters. The van der Waals surface area contributed by atoms with Gasteiger partial charge in [0, 0.05) is 19.4 Å². The minimum absolute atomic E-state index is 0.796. The van der Waals surface area contributed by atoms with E-state index >= 15 is 0 Å². The smallest absolute Gasteiger partial charge is 0.202 e. The van der Waals surface area contributed by atoms with E-state index in [-0.39, 0.29) is 0 Å². The third-order valence-corrected chi connectivity index (χ3v) is 6.70. The Balaban J connectivity index is 3.60. The molecule has 0 aliphatic rings. The largest absolute Gasteiger partial charge is 0.332 e. The quantitative estimate of drug-likeness (QED) is 0.250. The molecule has 0 aliphatic carbocycles. The van der Waals surface area contributed by atoms with E-state index in [0.29, 0.717) is 0 Å². The summed E-state index contributed by atoms with van der Waals surface area (Å²) in [5, 5.41) is 0. The molecule has 0 bridgehead atoms. The fraction of sp³-hybridized carbons (Fsp3) is 1.00. The molecule has 122 valence electrons. The van der Waals surface area contributed by atoms with Crippen LogP contribution in [0.2, 0.25) is 0 Å². The molecule has 0 amide bonds. The number of unbranched alkanes of at least 4 members (excludes halogenated alkanes) is 10. The van der Waals surface area contributed by atoms with Crippen molar-refractivity contribution in [2.24, 2.45) is 0 Å². The molecule has 0 heterocycles. The van der Waals surface area contributed by atoms with E-state index in [1.54, 1.807) is 7.11 Å². The molecule has 3 heteroatoms. The van der Waals surface area contributed by atoms with Gasteiger partial charge in [0.2, 0.25) is 7.37 Å². The molecule has 0 aliphatic heterocycles. The van der Waals surface area contributed by atoms with Gasteiger partial charge >= 0.3 is 0 Å². The molecular formula is C17H37O2P. The molecule has 0 spiro atoms. The summed E-state index contributed by atoms with van der Waals surface area (Å²) >= 11 is 0. The van der Waals surface area contributed by atoms with E-state index in [1.165, 1.54) is 64.2 Å². The van der Waals surface area contributed by atoms with Gasteiger partial charge in [-0.1, -0.05) is 78.1 Å². The Labute approximate surface area is 127 Å². The summed E-state index contributed by atoms with van der Waals surface area (Å²) in [6.45, 7) is 4.47. The fourth-order valence-corrected chi connectivity index (χ4v) is 4.56. The maximum atomic E-state index is 12.5. The third-order valence-electron chi connectivity index (χ3n) is 4.04. The third kappa shape index (κ3) is 12.0. The average molecular weight is 305 g/mol. The normalized spacial score (nSPS) is 11.9. The Hall–Kier alpha value is 0.190. The van der Waals surface area contributed by atoms with Crippen LogP contribution in [0.1, 0.15) is 90.9 Å². The van der Waals surface area contributed by atoms with Crippen LogP contribution in [0.4, 0.5) is 0 Å². The van der Waals surface area contributed by atoms with E-state index < -0.39 is 7.37 Å². The van der Waals surface area contributed by atoms with Crippen molar-refractivity contribution in [1.82, 2.24) is 0 Å². The van der Waals surface area contributed by atoms with Crippen molar-refractivity contribution >= 4 is 7.37 Å². The van der Waals surface area contributed by atoms with Crippen molar-refractivity contribution in [3.8, 4) is 0 Å². The number of hydrogen-bond acceptors (Lipinski definition) is 2. The van der Waals surface area contributed by atoms with Gasteiger partial charge in [-0.3, -0.25) is 4.57 Å². The molecule has 0 saturated carbocycles. The highest BCUT2D eigenvalue weighted by atomic mass is 32.2. The van der Waals surface area contributed by atoms with Gasteiger partial charge in [-0.05, 0) is 12.8 Å². The molecule has 0 radical (unpaired) electrons. The Morgan fingerprint density at radius 1 is 0.650 bits per heavy atom. The summed E-state index contributed by atoms with van der Waals surface area (Å²) < 4.78 is 17.9. The molecule has 20 heavy (non-hydrogen) atoms. The molecule has 0 aromatic carbocycles. The Kier molecular flexibility index (Phi) is 14.3. The standard InChI is InChI=1S/C17H37O2P/c1-4-6-8-10-12-14-16-20(18,19-3)17-15-13-11-9-7-5-2/h4-17H2,1-3H3/i20+1. The van der Waals surface area contributed by atoms with E-state index in [9.17, 15) is 4.57 Å². The predicted octanol–water partition coefficient (Wildman–Crippen LogP) is 6.63. The first-order valence-corrected chi connectivity index (χ1v) is 10.8. The lowest BCUT2D eigenvalue weighted by molar-refractivity contribution is 0.389.